The number of carbonyl (C=O) groups excluding carboxylic acids is 1. The lowest BCUT2D eigenvalue weighted by Gasteiger charge is -2.35. The maximum atomic E-state index is 12.9. The smallest absolute Gasteiger partial charge is 0.338 e. The summed E-state index contributed by atoms with van der Waals surface area (Å²) in [5.41, 5.74) is 9.42. The van der Waals surface area contributed by atoms with Crippen molar-refractivity contribution in [1.82, 2.24) is 4.90 Å². The van der Waals surface area contributed by atoms with Crippen molar-refractivity contribution in [2.45, 2.75) is 39.7 Å². The van der Waals surface area contributed by atoms with Crippen molar-refractivity contribution in [2.24, 2.45) is 10.7 Å². The van der Waals surface area contributed by atoms with Crippen LogP contribution in [0.15, 0.2) is 49.7 Å². The zero-order valence-electron chi connectivity index (χ0n) is 16.0. The van der Waals surface area contributed by atoms with Gasteiger partial charge >= 0.3 is 5.97 Å². The van der Waals surface area contributed by atoms with Crippen LogP contribution in [0, 0.1) is 18.3 Å². The number of hydrogen-bond acceptors (Lipinski definition) is 7. The van der Waals surface area contributed by atoms with E-state index >= 15 is 0 Å². The van der Waals surface area contributed by atoms with Crippen molar-refractivity contribution in [1.29, 1.82) is 5.26 Å². The average Bonchev–Trinajstić information content (AvgIpc) is 2.99. The molecule has 28 heavy (non-hydrogen) atoms. The Kier molecular flexibility index (Phi) is 6.16. The highest BCUT2D eigenvalue weighted by atomic mass is 79.9. The van der Waals surface area contributed by atoms with Crippen LogP contribution in [0.1, 0.15) is 43.9 Å². The predicted octanol–water partition coefficient (Wildman–Crippen LogP) is 4.49. The molecule has 6 nitrogen and oxygen atoms in total. The van der Waals surface area contributed by atoms with Gasteiger partial charge in [-0.2, -0.15) is 5.26 Å². The van der Waals surface area contributed by atoms with Crippen molar-refractivity contribution >= 4 is 38.8 Å². The Morgan fingerprint density at radius 1 is 1.46 bits per heavy atom. The van der Waals surface area contributed by atoms with Gasteiger partial charge in [0.25, 0.3) is 0 Å². The number of fused-ring (bicyclic) bond motifs is 1. The van der Waals surface area contributed by atoms with Gasteiger partial charge in [0.2, 0.25) is 0 Å². The summed E-state index contributed by atoms with van der Waals surface area (Å²) in [6.07, 6.45) is 1.47. The molecular formula is C20H21BrN4O2S. The number of amidine groups is 1. The zero-order chi connectivity index (χ0) is 20.4. The molecule has 0 aromatic heterocycles. The fourth-order valence-electron chi connectivity index (χ4n) is 3.23. The van der Waals surface area contributed by atoms with Crippen molar-refractivity contribution < 1.29 is 9.53 Å². The van der Waals surface area contributed by atoms with Gasteiger partial charge in [-0.3, -0.25) is 4.90 Å². The van der Waals surface area contributed by atoms with E-state index in [0.717, 1.165) is 22.0 Å². The van der Waals surface area contributed by atoms with E-state index in [2.05, 4.69) is 27.0 Å². The third-order valence-corrected chi connectivity index (χ3v) is 6.39. The van der Waals surface area contributed by atoms with E-state index in [1.165, 1.54) is 11.8 Å². The van der Waals surface area contributed by atoms with E-state index in [1.807, 2.05) is 32.0 Å². The molecule has 2 N–H and O–H groups in total. The standard InChI is InChI=1S/C20H21BrN4O2S/c1-4-6-14-16(19(26)27-5-2)17(12-8-7-11(3)13(21)9-12)25-18(23)15(10-22)28-20(25)24-14/h7-9,17H,4-6,23H2,1-3H3/t17-/m1/s1. The van der Waals surface area contributed by atoms with Crippen LogP contribution < -0.4 is 5.73 Å². The van der Waals surface area contributed by atoms with Gasteiger partial charge in [-0.1, -0.05) is 41.4 Å². The number of benzene rings is 1. The Hall–Kier alpha value is -2.24. The number of rotatable bonds is 5. The van der Waals surface area contributed by atoms with Gasteiger partial charge in [-0.25, -0.2) is 9.79 Å². The van der Waals surface area contributed by atoms with Crippen LogP contribution in [0.3, 0.4) is 0 Å². The minimum absolute atomic E-state index is 0.270. The van der Waals surface area contributed by atoms with Gasteiger partial charge in [0, 0.05) is 4.47 Å². The third kappa shape index (κ3) is 3.56. The van der Waals surface area contributed by atoms with Crippen LogP contribution in [-0.4, -0.2) is 22.6 Å². The lowest BCUT2D eigenvalue weighted by atomic mass is 9.92. The molecular weight excluding hydrogens is 440 g/mol. The highest BCUT2D eigenvalue weighted by Gasteiger charge is 2.43. The van der Waals surface area contributed by atoms with Crippen molar-refractivity contribution in [3.63, 3.8) is 0 Å². The topological polar surface area (TPSA) is 91.7 Å². The molecule has 0 aliphatic carbocycles. The summed E-state index contributed by atoms with van der Waals surface area (Å²) in [6, 6.07) is 7.57. The number of carbonyl (C=O) groups is 1. The Morgan fingerprint density at radius 3 is 2.82 bits per heavy atom. The molecule has 0 bridgehead atoms. The minimum Gasteiger partial charge on any atom is -0.463 e. The second kappa shape index (κ2) is 8.41. The Bertz CT molecular complexity index is 961. The molecule has 0 amide bonds. The van der Waals surface area contributed by atoms with Crippen molar-refractivity contribution in [3.05, 3.63) is 55.8 Å². The SMILES string of the molecule is CCCC1=C(C(=O)OCC)[C@@H](c2ccc(C)c(Br)c2)N2C(=N1)SC(C#N)=C2N. The number of nitrogens with two attached hydrogens (primary N) is 1. The number of hydrogen-bond donors (Lipinski definition) is 1. The number of allylic oxidation sites excluding steroid dienone is 2. The predicted molar refractivity (Wildman–Crippen MR) is 114 cm³/mol. The summed E-state index contributed by atoms with van der Waals surface area (Å²) < 4.78 is 6.30. The molecule has 2 aliphatic heterocycles. The van der Waals surface area contributed by atoms with Gasteiger partial charge in [0.1, 0.15) is 16.8 Å². The number of aliphatic imine (C=N–C) groups is 1. The summed E-state index contributed by atoms with van der Waals surface area (Å²) in [7, 11) is 0. The fraction of sp³-hybridized carbons (Fsp3) is 0.350. The van der Waals surface area contributed by atoms with E-state index < -0.39 is 12.0 Å². The Labute approximate surface area is 177 Å². The lowest BCUT2D eigenvalue weighted by Crippen LogP contribution is -2.39. The number of halogens is 1. The lowest BCUT2D eigenvalue weighted by molar-refractivity contribution is -0.139. The molecule has 3 rings (SSSR count). The molecule has 1 atom stereocenters. The molecule has 0 spiro atoms. The van der Waals surface area contributed by atoms with E-state index in [4.69, 9.17) is 10.5 Å². The van der Waals surface area contributed by atoms with Gasteiger partial charge in [0.15, 0.2) is 5.17 Å². The van der Waals surface area contributed by atoms with Gasteiger partial charge in [-0.15, -0.1) is 0 Å². The number of aryl methyl sites for hydroxylation is 1. The normalized spacial score (nSPS) is 18.8. The Balaban J connectivity index is 2.24. The summed E-state index contributed by atoms with van der Waals surface area (Å²) >= 11 is 4.81. The molecule has 1 aromatic rings. The minimum atomic E-state index is -0.497. The largest absolute Gasteiger partial charge is 0.463 e. The van der Waals surface area contributed by atoms with E-state index in [9.17, 15) is 10.1 Å². The maximum absolute atomic E-state index is 12.9. The highest BCUT2D eigenvalue weighted by molar-refractivity contribution is 9.10. The summed E-state index contributed by atoms with van der Waals surface area (Å²) in [6.45, 7) is 6.09. The van der Waals surface area contributed by atoms with E-state index in [0.29, 0.717) is 33.6 Å². The first-order valence-electron chi connectivity index (χ1n) is 9.04. The summed E-state index contributed by atoms with van der Waals surface area (Å²) in [5, 5.41) is 10.1. The number of esters is 1. The van der Waals surface area contributed by atoms with Crippen LogP contribution in [0.2, 0.25) is 0 Å². The van der Waals surface area contributed by atoms with E-state index in [-0.39, 0.29) is 6.61 Å². The summed E-state index contributed by atoms with van der Waals surface area (Å²) in [4.78, 5) is 19.8. The second-order valence-corrected chi connectivity index (χ2v) is 8.27. The second-order valence-electron chi connectivity index (χ2n) is 6.43. The van der Waals surface area contributed by atoms with Crippen LogP contribution in [0.4, 0.5) is 0 Å². The molecule has 0 saturated carbocycles. The quantitative estimate of drug-likeness (QED) is 0.650. The van der Waals surface area contributed by atoms with Crippen LogP contribution in [0.25, 0.3) is 0 Å². The van der Waals surface area contributed by atoms with Crippen LogP contribution >= 0.6 is 27.7 Å². The number of thioether (sulfide) groups is 1. The van der Waals surface area contributed by atoms with Crippen molar-refractivity contribution in [2.75, 3.05) is 6.61 Å². The van der Waals surface area contributed by atoms with Crippen molar-refractivity contribution in [3.8, 4) is 6.07 Å². The average molecular weight is 461 g/mol. The summed E-state index contributed by atoms with van der Waals surface area (Å²) in [5.74, 6) is -0.0936. The Morgan fingerprint density at radius 2 is 2.21 bits per heavy atom. The number of nitrogens with zero attached hydrogens (tertiary/aromatic N) is 3. The number of nitriles is 1. The molecule has 2 aliphatic rings. The number of ether oxygens (including phenoxy) is 1. The highest BCUT2D eigenvalue weighted by Crippen LogP contribution is 2.46. The third-order valence-electron chi connectivity index (χ3n) is 4.56. The first-order valence-corrected chi connectivity index (χ1v) is 10.7. The van der Waals surface area contributed by atoms with Crippen LogP contribution in [0.5, 0.6) is 0 Å². The zero-order valence-corrected chi connectivity index (χ0v) is 18.4. The van der Waals surface area contributed by atoms with E-state index in [1.54, 1.807) is 11.8 Å². The first kappa shape index (κ1) is 20.5. The van der Waals surface area contributed by atoms with Gasteiger partial charge < -0.3 is 10.5 Å². The molecule has 2 heterocycles. The molecule has 1 aromatic carbocycles. The fourth-order valence-corrected chi connectivity index (χ4v) is 4.52. The van der Waals surface area contributed by atoms with Gasteiger partial charge in [-0.05, 0) is 49.2 Å². The molecule has 0 unspecified atom stereocenters. The monoisotopic (exact) mass is 460 g/mol. The molecule has 8 heteroatoms. The van der Waals surface area contributed by atoms with Crippen LogP contribution in [-0.2, 0) is 9.53 Å². The van der Waals surface area contributed by atoms with Gasteiger partial charge in [0.05, 0.1) is 23.9 Å². The molecule has 0 radical (unpaired) electrons. The molecule has 146 valence electrons. The molecule has 0 fully saturated rings. The molecule has 0 saturated heterocycles. The first-order chi connectivity index (χ1) is 13.4. The maximum Gasteiger partial charge on any atom is 0.338 e.